The van der Waals surface area contributed by atoms with E-state index in [9.17, 15) is 0 Å². The first kappa shape index (κ1) is 14.0. The van der Waals surface area contributed by atoms with Crippen molar-refractivity contribution in [1.82, 2.24) is 9.97 Å². The van der Waals surface area contributed by atoms with E-state index in [4.69, 9.17) is 15.3 Å². The molecule has 104 valence electrons. The molecular weight excluding hydrogens is 264 g/mol. The molecule has 2 heterocycles. The van der Waals surface area contributed by atoms with Crippen LogP contribution in [0.5, 0.6) is 5.88 Å². The third kappa shape index (κ3) is 3.31. The second kappa shape index (κ2) is 5.68. The molecule has 0 aromatic carbocycles. The second-order valence-electron chi connectivity index (χ2n) is 4.70. The minimum atomic E-state index is -0.213. The van der Waals surface area contributed by atoms with E-state index in [0.29, 0.717) is 18.4 Å². The number of nitrogens with two attached hydrogens (primary N) is 1. The molecule has 0 aliphatic carbocycles. The lowest BCUT2D eigenvalue weighted by molar-refractivity contribution is 0.00523. The van der Waals surface area contributed by atoms with Crippen molar-refractivity contribution in [2.24, 2.45) is 5.84 Å². The van der Waals surface area contributed by atoms with E-state index < -0.39 is 0 Å². The molecule has 3 N–H and O–H groups in total. The zero-order chi connectivity index (χ0) is 13.9. The lowest BCUT2D eigenvalue weighted by Crippen LogP contribution is -2.25. The highest BCUT2D eigenvalue weighted by molar-refractivity contribution is 7.16. The molecule has 2 rings (SSSR count). The van der Waals surface area contributed by atoms with Crippen LogP contribution in [-0.4, -0.2) is 29.3 Å². The average Bonchev–Trinajstić information content (AvgIpc) is 2.86. The SMILES string of the molecule is COC(C)(C)CCOc1nc(NN)nc2sccc12. The van der Waals surface area contributed by atoms with Crippen molar-refractivity contribution in [1.29, 1.82) is 0 Å². The fourth-order valence-electron chi connectivity index (χ4n) is 1.50. The van der Waals surface area contributed by atoms with Gasteiger partial charge in [0.1, 0.15) is 4.83 Å². The first-order valence-corrected chi connectivity index (χ1v) is 6.83. The molecule has 6 nitrogen and oxygen atoms in total. The maximum Gasteiger partial charge on any atom is 0.241 e. The largest absolute Gasteiger partial charge is 0.477 e. The van der Waals surface area contributed by atoms with Crippen LogP contribution in [0.15, 0.2) is 11.4 Å². The lowest BCUT2D eigenvalue weighted by Gasteiger charge is -2.22. The molecule has 0 bridgehead atoms. The van der Waals surface area contributed by atoms with Gasteiger partial charge in [0.2, 0.25) is 11.8 Å². The Bertz CT molecular complexity index is 556. The molecule has 0 saturated heterocycles. The third-order valence-corrected chi connectivity index (χ3v) is 3.72. The molecule has 0 amide bonds. The van der Waals surface area contributed by atoms with Gasteiger partial charge in [0.05, 0.1) is 17.6 Å². The van der Waals surface area contributed by atoms with Crippen molar-refractivity contribution in [3.63, 3.8) is 0 Å². The van der Waals surface area contributed by atoms with Gasteiger partial charge in [-0.15, -0.1) is 11.3 Å². The van der Waals surface area contributed by atoms with Gasteiger partial charge in [0.25, 0.3) is 0 Å². The summed E-state index contributed by atoms with van der Waals surface area (Å²) >= 11 is 1.52. The fraction of sp³-hybridized carbons (Fsp3) is 0.500. The average molecular weight is 282 g/mol. The number of rotatable bonds is 6. The van der Waals surface area contributed by atoms with Gasteiger partial charge < -0.3 is 9.47 Å². The summed E-state index contributed by atoms with van der Waals surface area (Å²) in [7, 11) is 1.69. The predicted octanol–water partition coefficient (Wildman–Crippen LogP) is 2.17. The first-order valence-electron chi connectivity index (χ1n) is 5.95. The predicted molar refractivity (Wildman–Crippen MR) is 76.4 cm³/mol. The Morgan fingerprint density at radius 3 is 2.89 bits per heavy atom. The van der Waals surface area contributed by atoms with E-state index in [0.717, 1.165) is 16.6 Å². The summed E-state index contributed by atoms with van der Waals surface area (Å²) in [5.41, 5.74) is 2.23. The minimum absolute atomic E-state index is 0.213. The Hall–Kier alpha value is -1.44. The number of ether oxygens (including phenoxy) is 2. The van der Waals surface area contributed by atoms with E-state index >= 15 is 0 Å². The van der Waals surface area contributed by atoms with Gasteiger partial charge in [-0.2, -0.15) is 4.98 Å². The number of nitrogens with one attached hydrogen (secondary N) is 1. The second-order valence-corrected chi connectivity index (χ2v) is 5.59. The van der Waals surface area contributed by atoms with E-state index in [-0.39, 0.29) is 5.60 Å². The number of anilines is 1. The van der Waals surface area contributed by atoms with Crippen molar-refractivity contribution < 1.29 is 9.47 Å². The van der Waals surface area contributed by atoms with Crippen LogP contribution in [-0.2, 0) is 4.74 Å². The summed E-state index contributed by atoms with van der Waals surface area (Å²) in [4.78, 5) is 9.34. The minimum Gasteiger partial charge on any atom is -0.477 e. The number of hydrogen-bond donors (Lipinski definition) is 2. The van der Waals surface area contributed by atoms with Crippen LogP contribution in [0, 0.1) is 0 Å². The van der Waals surface area contributed by atoms with Crippen LogP contribution in [0.1, 0.15) is 20.3 Å². The number of aromatic nitrogens is 2. The van der Waals surface area contributed by atoms with Gasteiger partial charge in [-0.1, -0.05) is 0 Å². The molecule has 0 spiro atoms. The third-order valence-electron chi connectivity index (χ3n) is 2.91. The van der Waals surface area contributed by atoms with E-state index in [2.05, 4.69) is 15.4 Å². The summed E-state index contributed by atoms with van der Waals surface area (Å²) in [5.74, 6) is 6.26. The van der Waals surface area contributed by atoms with E-state index in [1.54, 1.807) is 7.11 Å². The standard InChI is InChI=1S/C12H18N4O2S/c1-12(2,17-3)5-6-18-9-8-4-7-19-10(8)15-11(14-9)16-13/h4,7H,5-6,13H2,1-3H3,(H,14,15,16). The number of hydrazine groups is 1. The fourth-order valence-corrected chi connectivity index (χ4v) is 2.25. The summed E-state index contributed by atoms with van der Waals surface area (Å²) in [6, 6.07) is 1.94. The topological polar surface area (TPSA) is 82.3 Å². The molecular formula is C12H18N4O2S. The molecule has 0 radical (unpaired) electrons. The number of nitrogen functional groups attached to an aromatic ring is 1. The first-order chi connectivity index (χ1) is 9.05. The Balaban J connectivity index is 2.13. The van der Waals surface area contributed by atoms with E-state index in [1.807, 2.05) is 25.3 Å². The van der Waals surface area contributed by atoms with Crippen molar-refractivity contribution in [2.75, 3.05) is 19.1 Å². The van der Waals surface area contributed by atoms with Crippen LogP contribution >= 0.6 is 11.3 Å². The van der Waals surface area contributed by atoms with Crippen LogP contribution in [0.25, 0.3) is 10.2 Å². The molecule has 2 aromatic heterocycles. The van der Waals surface area contributed by atoms with Gasteiger partial charge in [-0.3, -0.25) is 5.43 Å². The van der Waals surface area contributed by atoms with Gasteiger partial charge in [0, 0.05) is 13.5 Å². The maximum absolute atomic E-state index is 5.74. The van der Waals surface area contributed by atoms with Crippen molar-refractivity contribution in [2.45, 2.75) is 25.9 Å². The van der Waals surface area contributed by atoms with Gasteiger partial charge in [0.15, 0.2) is 0 Å². The monoisotopic (exact) mass is 282 g/mol. The van der Waals surface area contributed by atoms with Crippen molar-refractivity contribution >= 4 is 27.5 Å². The number of methoxy groups -OCH3 is 1. The summed E-state index contributed by atoms with van der Waals surface area (Å²) in [6.45, 7) is 4.56. The molecule has 0 atom stereocenters. The Kier molecular flexibility index (Phi) is 4.18. The van der Waals surface area contributed by atoms with Gasteiger partial charge in [-0.05, 0) is 25.3 Å². The molecule has 19 heavy (non-hydrogen) atoms. The van der Waals surface area contributed by atoms with Crippen LogP contribution in [0.3, 0.4) is 0 Å². The normalized spacial score (nSPS) is 11.8. The van der Waals surface area contributed by atoms with Gasteiger partial charge >= 0.3 is 0 Å². The number of thiophene rings is 1. The zero-order valence-electron chi connectivity index (χ0n) is 11.3. The Morgan fingerprint density at radius 1 is 1.42 bits per heavy atom. The summed E-state index contributed by atoms with van der Waals surface area (Å²) < 4.78 is 11.1. The Labute approximate surface area is 115 Å². The quantitative estimate of drug-likeness (QED) is 0.624. The van der Waals surface area contributed by atoms with Crippen molar-refractivity contribution in [3.8, 4) is 5.88 Å². The zero-order valence-corrected chi connectivity index (χ0v) is 12.1. The molecule has 0 fully saturated rings. The molecule has 7 heteroatoms. The smallest absolute Gasteiger partial charge is 0.241 e. The van der Waals surface area contributed by atoms with Gasteiger partial charge in [-0.25, -0.2) is 10.8 Å². The number of nitrogens with zero attached hydrogens (tertiary/aromatic N) is 2. The molecule has 0 unspecified atom stereocenters. The van der Waals surface area contributed by atoms with Crippen LogP contribution < -0.4 is 16.0 Å². The Morgan fingerprint density at radius 2 is 2.21 bits per heavy atom. The van der Waals surface area contributed by atoms with Crippen LogP contribution in [0.2, 0.25) is 0 Å². The molecule has 0 saturated carbocycles. The highest BCUT2D eigenvalue weighted by Crippen LogP contribution is 2.28. The maximum atomic E-state index is 5.74. The highest BCUT2D eigenvalue weighted by atomic mass is 32.1. The molecule has 0 aliphatic rings. The summed E-state index contributed by atoms with van der Waals surface area (Å²) in [6.07, 6.45) is 0.768. The van der Waals surface area contributed by atoms with E-state index in [1.165, 1.54) is 11.3 Å². The number of hydrogen-bond acceptors (Lipinski definition) is 7. The van der Waals surface area contributed by atoms with Crippen LogP contribution in [0.4, 0.5) is 5.95 Å². The molecule has 0 aliphatic heterocycles. The van der Waals surface area contributed by atoms with Crippen molar-refractivity contribution in [3.05, 3.63) is 11.4 Å². The molecule has 2 aromatic rings. The lowest BCUT2D eigenvalue weighted by atomic mass is 10.1. The summed E-state index contributed by atoms with van der Waals surface area (Å²) in [5, 5.41) is 2.85. The highest BCUT2D eigenvalue weighted by Gasteiger charge is 2.17. The number of fused-ring (bicyclic) bond motifs is 1.